The Morgan fingerprint density at radius 2 is 2.00 bits per heavy atom. The number of nitrogens with one attached hydrogen (secondary N) is 2. The number of benzene rings is 2. The van der Waals surface area contributed by atoms with Gasteiger partial charge in [0.2, 0.25) is 10.0 Å². The number of aromatic amines is 1. The molecule has 0 saturated heterocycles. The molecule has 0 fully saturated rings. The lowest BCUT2D eigenvalue weighted by Crippen LogP contribution is -2.41. The van der Waals surface area contributed by atoms with Gasteiger partial charge in [-0.3, -0.25) is 4.90 Å². The summed E-state index contributed by atoms with van der Waals surface area (Å²) in [6, 6.07) is 12.6. The Hall–Kier alpha value is -2.79. The van der Waals surface area contributed by atoms with E-state index in [1.807, 2.05) is 30.3 Å². The molecule has 0 aliphatic carbocycles. The number of fused-ring (bicyclic) bond motifs is 3. The molecule has 4 rings (SSSR count). The molecule has 194 valence electrons. The Bertz CT molecular complexity index is 1330. The van der Waals surface area contributed by atoms with E-state index in [4.69, 9.17) is 21.1 Å². The second-order valence-corrected chi connectivity index (χ2v) is 11.1. The number of nitrogens with zero attached hydrogens (tertiary/aromatic N) is 1. The molecular weight excluding hydrogens is 506 g/mol. The number of amides is 1. The number of aliphatic hydroxyl groups is 1. The zero-order valence-electron chi connectivity index (χ0n) is 20.2. The highest BCUT2D eigenvalue weighted by Crippen LogP contribution is 2.39. The molecule has 0 saturated carbocycles. The lowest BCUT2D eigenvalue weighted by molar-refractivity contribution is 0.0931. The zero-order valence-corrected chi connectivity index (χ0v) is 21.7. The number of carbonyl (C=O) groups is 1. The van der Waals surface area contributed by atoms with Crippen LogP contribution in [0.4, 0.5) is 4.79 Å². The molecule has 1 aromatic heterocycles. The van der Waals surface area contributed by atoms with E-state index >= 15 is 0 Å². The molecule has 36 heavy (non-hydrogen) atoms. The highest BCUT2D eigenvalue weighted by molar-refractivity contribution is 7.89. The molecule has 3 N–H and O–H groups in total. The van der Waals surface area contributed by atoms with Crippen LogP contribution < -0.4 is 9.46 Å². The number of H-pyrrole nitrogens is 1. The van der Waals surface area contributed by atoms with Crippen LogP contribution in [0.5, 0.6) is 5.75 Å². The van der Waals surface area contributed by atoms with Crippen LogP contribution in [0.3, 0.4) is 0 Å². The first-order chi connectivity index (χ1) is 17.2. The SMILES string of the molecule is CCOC(=O)N1CCc2c([nH]c3ccc(Cl)cc23)C1c1ccc(OCC(O)CNS(=O)(=O)CC)cc1. The molecule has 9 nitrogen and oxygen atoms in total. The van der Waals surface area contributed by atoms with Crippen molar-refractivity contribution in [1.82, 2.24) is 14.6 Å². The van der Waals surface area contributed by atoms with E-state index in [2.05, 4.69) is 9.71 Å². The minimum absolute atomic E-state index is 0.0584. The topological polar surface area (TPSA) is 121 Å². The van der Waals surface area contributed by atoms with Crippen LogP contribution in [0, 0.1) is 0 Å². The lowest BCUT2D eigenvalue weighted by Gasteiger charge is -2.35. The van der Waals surface area contributed by atoms with Crippen molar-refractivity contribution in [3.05, 3.63) is 64.3 Å². The van der Waals surface area contributed by atoms with Crippen LogP contribution in [0.15, 0.2) is 42.5 Å². The van der Waals surface area contributed by atoms with Gasteiger partial charge in [-0.2, -0.15) is 0 Å². The summed E-state index contributed by atoms with van der Waals surface area (Å²) < 4.78 is 36.4. The van der Waals surface area contributed by atoms with E-state index in [9.17, 15) is 18.3 Å². The van der Waals surface area contributed by atoms with Gasteiger partial charge in [0, 0.05) is 34.7 Å². The van der Waals surface area contributed by atoms with E-state index in [0.29, 0.717) is 23.7 Å². The van der Waals surface area contributed by atoms with E-state index in [1.165, 1.54) is 6.92 Å². The van der Waals surface area contributed by atoms with Gasteiger partial charge in [0.05, 0.1) is 12.4 Å². The van der Waals surface area contributed by atoms with Crippen LogP contribution in [-0.4, -0.2) is 67.7 Å². The molecule has 1 amide bonds. The van der Waals surface area contributed by atoms with Gasteiger partial charge in [0.25, 0.3) is 0 Å². The lowest BCUT2D eigenvalue weighted by atomic mass is 9.92. The molecule has 11 heteroatoms. The normalized spacial score (nSPS) is 16.6. The number of hydrogen-bond donors (Lipinski definition) is 3. The van der Waals surface area contributed by atoms with E-state index in [0.717, 1.165) is 27.7 Å². The Morgan fingerprint density at radius 1 is 1.25 bits per heavy atom. The van der Waals surface area contributed by atoms with Crippen LogP contribution in [0.25, 0.3) is 10.9 Å². The molecule has 0 bridgehead atoms. The average Bonchev–Trinajstić information content (AvgIpc) is 3.24. The minimum Gasteiger partial charge on any atom is -0.491 e. The summed E-state index contributed by atoms with van der Waals surface area (Å²) in [6.07, 6.45) is -0.710. The third kappa shape index (κ3) is 5.78. The molecule has 0 spiro atoms. The average molecular weight is 536 g/mol. The third-order valence-corrected chi connectivity index (χ3v) is 7.75. The summed E-state index contributed by atoms with van der Waals surface area (Å²) in [5.74, 6) is 0.454. The van der Waals surface area contributed by atoms with Gasteiger partial charge >= 0.3 is 6.09 Å². The quantitative estimate of drug-likeness (QED) is 0.385. The summed E-state index contributed by atoms with van der Waals surface area (Å²) >= 11 is 6.25. The maximum absolute atomic E-state index is 12.8. The van der Waals surface area contributed by atoms with Crippen molar-refractivity contribution in [1.29, 1.82) is 0 Å². The van der Waals surface area contributed by atoms with Crippen molar-refractivity contribution in [2.75, 3.05) is 32.1 Å². The van der Waals surface area contributed by atoms with E-state index in [-0.39, 0.29) is 37.6 Å². The van der Waals surface area contributed by atoms with Crippen molar-refractivity contribution in [2.45, 2.75) is 32.4 Å². The Labute approximate surface area is 215 Å². The van der Waals surface area contributed by atoms with Crippen molar-refractivity contribution in [3.8, 4) is 5.75 Å². The number of ether oxygens (including phenoxy) is 2. The van der Waals surface area contributed by atoms with Gasteiger partial charge in [0.1, 0.15) is 24.5 Å². The van der Waals surface area contributed by atoms with Gasteiger partial charge in [-0.25, -0.2) is 17.9 Å². The molecule has 2 unspecified atom stereocenters. The van der Waals surface area contributed by atoms with Crippen LogP contribution in [0.1, 0.15) is 36.7 Å². The predicted molar refractivity (Wildman–Crippen MR) is 138 cm³/mol. The summed E-state index contributed by atoms with van der Waals surface area (Å²) in [7, 11) is -3.39. The molecule has 2 aromatic carbocycles. The fourth-order valence-corrected chi connectivity index (χ4v) is 5.16. The number of aromatic nitrogens is 1. The fourth-order valence-electron chi connectivity index (χ4n) is 4.33. The van der Waals surface area contributed by atoms with Gasteiger partial charge in [-0.15, -0.1) is 0 Å². The first-order valence-electron chi connectivity index (χ1n) is 11.8. The molecule has 1 aliphatic rings. The summed E-state index contributed by atoms with van der Waals surface area (Å²) in [5, 5.41) is 11.7. The van der Waals surface area contributed by atoms with Gasteiger partial charge in [-0.1, -0.05) is 23.7 Å². The van der Waals surface area contributed by atoms with Crippen molar-refractivity contribution in [2.24, 2.45) is 0 Å². The molecular formula is C25H30ClN3O6S. The predicted octanol–water partition coefficient (Wildman–Crippen LogP) is 3.60. The summed E-state index contributed by atoms with van der Waals surface area (Å²) in [6.45, 7) is 3.88. The molecule has 2 atom stereocenters. The third-order valence-electron chi connectivity index (χ3n) is 6.15. The number of hydrogen-bond acceptors (Lipinski definition) is 6. The maximum atomic E-state index is 12.8. The first-order valence-corrected chi connectivity index (χ1v) is 13.9. The Kier molecular flexibility index (Phi) is 8.09. The number of rotatable bonds is 9. The largest absolute Gasteiger partial charge is 0.491 e. The van der Waals surface area contributed by atoms with Crippen LogP contribution >= 0.6 is 11.6 Å². The standard InChI is InChI=1S/C25H30ClN3O6S/c1-3-34-25(31)29-12-11-20-21-13-17(26)7-10-22(21)28-23(20)24(29)16-5-8-19(9-6-16)35-15-18(30)14-27-36(32,33)4-2/h5-10,13,18,24,27-28,30H,3-4,11-12,14-15H2,1-2H3. The zero-order chi connectivity index (χ0) is 25.9. The van der Waals surface area contributed by atoms with Gasteiger partial charge < -0.3 is 19.6 Å². The van der Waals surface area contributed by atoms with Crippen molar-refractivity contribution >= 4 is 38.6 Å². The Morgan fingerprint density at radius 3 is 2.69 bits per heavy atom. The number of sulfonamides is 1. The highest BCUT2D eigenvalue weighted by Gasteiger charge is 2.35. The summed E-state index contributed by atoms with van der Waals surface area (Å²) in [5.41, 5.74) is 3.85. The van der Waals surface area contributed by atoms with Crippen LogP contribution in [-0.2, 0) is 21.2 Å². The Balaban J connectivity index is 1.55. The highest BCUT2D eigenvalue weighted by atomic mass is 35.5. The maximum Gasteiger partial charge on any atom is 0.410 e. The molecule has 3 aromatic rings. The second kappa shape index (κ2) is 11.1. The van der Waals surface area contributed by atoms with E-state index < -0.39 is 16.1 Å². The van der Waals surface area contributed by atoms with E-state index in [1.54, 1.807) is 24.0 Å². The van der Waals surface area contributed by atoms with Gasteiger partial charge in [-0.05, 0) is 61.7 Å². The van der Waals surface area contributed by atoms with Crippen molar-refractivity contribution < 1.29 is 27.8 Å². The molecule has 2 heterocycles. The first kappa shape index (κ1) is 26.3. The summed E-state index contributed by atoms with van der Waals surface area (Å²) in [4.78, 5) is 18.0. The fraction of sp³-hybridized carbons (Fsp3) is 0.400. The molecule has 0 radical (unpaired) electrons. The smallest absolute Gasteiger partial charge is 0.410 e. The number of halogens is 1. The monoisotopic (exact) mass is 535 g/mol. The minimum atomic E-state index is -3.39. The second-order valence-electron chi connectivity index (χ2n) is 8.54. The van der Waals surface area contributed by atoms with Crippen molar-refractivity contribution in [3.63, 3.8) is 0 Å². The van der Waals surface area contributed by atoms with Gasteiger partial charge in [0.15, 0.2) is 0 Å². The number of aliphatic hydroxyl groups excluding tert-OH is 1. The number of carbonyl (C=O) groups excluding carboxylic acids is 1. The van der Waals surface area contributed by atoms with Crippen LogP contribution in [0.2, 0.25) is 5.02 Å². The molecule has 1 aliphatic heterocycles.